The van der Waals surface area contributed by atoms with E-state index in [1.165, 1.54) is 11.1 Å². The van der Waals surface area contributed by atoms with Gasteiger partial charge in [-0.3, -0.25) is 0 Å². The van der Waals surface area contributed by atoms with Crippen molar-refractivity contribution in [3.05, 3.63) is 65.7 Å². The predicted octanol–water partition coefficient (Wildman–Crippen LogP) is 4.33. The molecule has 0 radical (unpaired) electrons. The Balaban J connectivity index is 1.80. The number of anilines is 2. The number of fused-ring (bicyclic) bond motifs is 1. The van der Waals surface area contributed by atoms with Crippen LogP contribution in [0.3, 0.4) is 0 Å². The van der Waals surface area contributed by atoms with Crippen molar-refractivity contribution in [1.29, 1.82) is 0 Å². The fourth-order valence-corrected chi connectivity index (χ4v) is 2.43. The normalized spacial score (nSPS) is 16.8. The zero-order valence-electron chi connectivity index (χ0n) is 11.1. The van der Waals surface area contributed by atoms with E-state index >= 15 is 0 Å². The molecular weight excluding hydrogens is 232 g/mol. The molecule has 2 heteroatoms. The summed E-state index contributed by atoms with van der Waals surface area (Å²) >= 11 is 0. The molecule has 0 fully saturated rings. The molecule has 0 aromatic heterocycles. The average Bonchev–Trinajstić information content (AvgIpc) is 2.45. The van der Waals surface area contributed by atoms with Crippen molar-refractivity contribution in [2.75, 3.05) is 10.9 Å². The highest BCUT2D eigenvalue weighted by Crippen LogP contribution is 2.28. The van der Waals surface area contributed by atoms with Gasteiger partial charge >= 0.3 is 0 Å². The Hall–Kier alpha value is -2.22. The topological polar surface area (TPSA) is 24.1 Å². The van der Waals surface area contributed by atoms with Crippen molar-refractivity contribution in [3.63, 3.8) is 0 Å². The lowest BCUT2D eigenvalue weighted by Crippen LogP contribution is -2.12. The number of hydrogen-bond donors (Lipinski definition) is 2. The number of rotatable bonds is 3. The summed E-state index contributed by atoms with van der Waals surface area (Å²) in [6.07, 6.45) is 5.61. The summed E-state index contributed by atoms with van der Waals surface area (Å²) in [5, 5.41) is 0. The maximum atomic E-state index is 3.30. The summed E-state index contributed by atoms with van der Waals surface area (Å²) < 4.78 is 0. The highest BCUT2D eigenvalue weighted by molar-refractivity contribution is 5.72. The van der Waals surface area contributed by atoms with E-state index in [-0.39, 0.29) is 0 Å². The molecule has 1 aliphatic rings. The van der Waals surface area contributed by atoms with Crippen molar-refractivity contribution >= 4 is 17.5 Å². The zero-order valence-corrected chi connectivity index (χ0v) is 11.1. The molecule has 2 N–H and O–H groups in total. The van der Waals surface area contributed by atoms with Crippen molar-refractivity contribution in [3.8, 4) is 0 Å². The highest BCUT2D eigenvalue weighted by atomic mass is 15.4. The monoisotopic (exact) mass is 250 g/mol. The highest BCUT2D eigenvalue weighted by Gasteiger charge is 2.12. The molecule has 0 heterocycles. The minimum absolute atomic E-state index is 0.629. The van der Waals surface area contributed by atoms with Crippen molar-refractivity contribution in [2.45, 2.75) is 13.3 Å². The molecule has 1 unspecified atom stereocenters. The minimum atomic E-state index is 0.629. The van der Waals surface area contributed by atoms with Crippen molar-refractivity contribution in [2.24, 2.45) is 5.92 Å². The molecule has 0 spiro atoms. The largest absolute Gasteiger partial charge is 0.301 e. The van der Waals surface area contributed by atoms with Gasteiger partial charge in [-0.1, -0.05) is 49.4 Å². The van der Waals surface area contributed by atoms with Gasteiger partial charge in [0, 0.05) is 5.56 Å². The van der Waals surface area contributed by atoms with Gasteiger partial charge < -0.3 is 10.9 Å². The number of hydrazine groups is 1. The van der Waals surface area contributed by atoms with Crippen LogP contribution < -0.4 is 10.9 Å². The molecule has 2 aromatic rings. The van der Waals surface area contributed by atoms with Crippen molar-refractivity contribution in [1.82, 2.24) is 0 Å². The average molecular weight is 250 g/mol. The van der Waals surface area contributed by atoms with Gasteiger partial charge in [-0.05, 0) is 36.1 Å². The van der Waals surface area contributed by atoms with Crippen LogP contribution in [0, 0.1) is 5.92 Å². The molecule has 0 saturated heterocycles. The number of allylic oxidation sites excluding steroid dienone is 1. The van der Waals surface area contributed by atoms with Crippen molar-refractivity contribution < 1.29 is 0 Å². The molecule has 1 atom stereocenters. The first-order chi connectivity index (χ1) is 9.33. The van der Waals surface area contributed by atoms with Crippen LogP contribution in [0.2, 0.25) is 0 Å². The number of nitrogens with one attached hydrogen (secondary N) is 2. The molecular formula is C17H18N2. The minimum Gasteiger partial charge on any atom is -0.301 e. The van der Waals surface area contributed by atoms with E-state index in [2.05, 4.69) is 48.1 Å². The number of benzene rings is 2. The number of para-hydroxylation sites is 1. The Morgan fingerprint density at radius 3 is 2.63 bits per heavy atom. The maximum Gasteiger partial charge on any atom is 0.0614 e. The van der Waals surface area contributed by atoms with E-state index in [4.69, 9.17) is 0 Å². The summed E-state index contributed by atoms with van der Waals surface area (Å²) in [5.74, 6) is 0.629. The first kappa shape index (κ1) is 11.8. The van der Waals surface area contributed by atoms with E-state index < -0.39 is 0 Å². The Bertz CT molecular complexity index is 587. The summed E-state index contributed by atoms with van der Waals surface area (Å²) in [6, 6.07) is 16.6. The maximum absolute atomic E-state index is 3.30. The standard InChI is InChI=1S/C17H18N2/c1-13-10-11-16-14(12-13)6-5-9-17(16)19-18-15-7-3-2-4-8-15/h2-11,13,18-19H,12H2,1H3. The van der Waals surface area contributed by atoms with E-state index in [1.807, 2.05) is 30.3 Å². The predicted molar refractivity (Wildman–Crippen MR) is 82.0 cm³/mol. The van der Waals surface area contributed by atoms with Gasteiger partial charge in [0.05, 0.1) is 11.4 Å². The van der Waals surface area contributed by atoms with Gasteiger partial charge in [-0.25, -0.2) is 0 Å². The van der Waals surface area contributed by atoms with Gasteiger partial charge in [0.25, 0.3) is 0 Å². The van der Waals surface area contributed by atoms with Gasteiger partial charge in [-0.2, -0.15) is 0 Å². The summed E-state index contributed by atoms with van der Waals surface area (Å²) in [5.41, 5.74) is 11.4. The molecule has 96 valence electrons. The second-order valence-corrected chi connectivity index (χ2v) is 5.03. The van der Waals surface area contributed by atoms with Crippen LogP contribution in [0.25, 0.3) is 6.08 Å². The third-order valence-electron chi connectivity index (χ3n) is 3.45. The first-order valence-electron chi connectivity index (χ1n) is 6.70. The quantitative estimate of drug-likeness (QED) is 0.792. The van der Waals surface area contributed by atoms with Crippen LogP contribution in [0.1, 0.15) is 18.1 Å². The van der Waals surface area contributed by atoms with Crippen LogP contribution in [0.5, 0.6) is 0 Å². The molecule has 19 heavy (non-hydrogen) atoms. The van der Waals surface area contributed by atoms with Crippen LogP contribution in [0.15, 0.2) is 54.6 Å². The molecule has 2 nitrogen and oxygen atoms in total. The Morgan fingerprint density at radius 2 is 1.79 bits per heavy atom. The molecule has 1 aliphatic carbocycles. The first-order valence-corrected chi connectivity index (χ1v) is 6.70. The van der Waals surface area contributed by atoms with Gasteiger partial charge in [0.1, 0.15) is 0 Å². The van der Waals surface area contributed by atoms with Crippen LogP contribution in [-0.2, 0) is 6.42 Å². The molecule has 2 aromatic carbocycles. The van der Waals surface area contributed by atoms with E-state index in [0.29, 0.717) is 5.92 Å². The molecule has 0 aliphatic heterocycles. The molecule has 0 bridgehead atoms. The van der Waals surface area contributed by atoms with Gasteiger partial charge in [-0.15, -0.1) is 0 Å². The number of hydrogen-bond acceptors (Lipinski definition) is 2. The SMILES string of the molecule is CC1C=Cc2c(cccc2NNc2ccccc2)C1. The van der Waals surface area contributed by atoms with Crippen LogP contribution in [0.4, 0.5) is 11.4 Å². The Morgan fingerprint density at radius 1 is 0.947 bits per heavy atom. The third-order valence-corrected chi connectivity index (χ3v) is 3.45. The van der Waals surface area contributed by atoms with E-state index in [9.17, 15) is 0 Å². The fraction of sp³-hybridized carbons (Fsp3) is 0.176. The van der Waals surface area contributed by atoms with Crippen LogP contribution >= 0.6 is 0 Å². The van der Waals surface area contributed by atoms with Gasteiger partial charge in [0.15, 0.2) is 0 Å². The van der Waals surface area contributed by atoms with Gasteiger partial charge in [0.2, 0.25) is 0 Å². The zero-order chi connectivity index (χ0) is 13.1. The smallest absolute Gasteiger partial charge is 0.0614 e. The van der Waals surface area contributed by atoms with Crippen LogP contribution in [-0.4, -0.2) is 0 Å². The lowest BCUT2D eigenvalue weighted by Gasteiger charge is -2.20. The fourth-order valence-electron chi connectivity index (χ4n) is 2.43. The Kier molecular flexibility index (Phi) is 3.23. The Labute approximate surface area is 114 Å². The lowest BCUT2D eigenvalue weighted by atomic mass is 9.90. The molecule has 0 saturated carbocycles. The summed E-state index contributed by atoms with van der Waals surface area (Å²) in [6.45, 7) is 2.25. The third kappa shape index (κ3) is 2.63. The van der Waals surface area contributed by atoms with E-state index in [1.54, 1.807) is 0 Å². The second kappa shape index (κ2) is 5.19. The lowest BCUT2D eigenvalue weighted by molar-refractivity contribution is 0.717. The molecule has 0 amide bonds. The van der Waals surface area contributed by atoms with E-state index in [0.717, 1.165) is 17.8 Å². The summed E-state index contributed by atoms with van der Waals surface area (Å²) in [7, 11) is 0. The second-order valence-electron chi connectivity index (χ2n) is 5.03. The summed E-state index contributed by atoms with van der Waals surface area (Å²) in [4.78, 5) is 0. The molecule has 3 rings (SSSR count).